The molecule has 0 aliphatic carbocycles. The zero-order valence-corrected chi connectivity index (χ0v) is 31.7. The number of aromatic hydroxyl groups is 2. The van der Waals surface area contributed by atoms with Gasteiger partial charge < -0.3 is 31.1 Å². The van der Waals surface area contributed by atoms with Gasteiger partial charge in [0.05, 0.1) is 46.7 Å². The first-order valence-electron chi connectivity index (χ1n) is 16.0. The van der Waals surface area contributed by atoms with E-state index in [1.165, 1.54) is 30.3 Å². The largest absolute Gasteiger partial charge is 0.507 e. The second-order valence-electron chi connectivity index (χ2n) is 10.6. The Kier molecular flexibility index (Phi) is 22.5. The van der Waals surface area contributed by atoms with Gasteiger partial charge in [-0.2, -0.15) is 28.9 Å². The third kappa shape index (κ3) is 20.1. The second kappa shape index (κ2) is 27.0. The first kappa shape index (κ1) is 48.3. The van der Waals surface area contributed by atoms with E-state index in [1.807, 2.05) is 0 Å². The van der Waals surface area contributed by atoms with E-state index in [0.717, 1.165) is 0 Å². The summed E-state index contributed by atoms with van der Waals surface area (Å²) in [6.07, 6.45) is -0.126. The molecule has 0 radical (unpaired) electrons. The standard InChI is InChI=1S/C17H16N6O4.C17H17N3O4.O3S.O2S/c18-23-20-8-7-19-17(27)14-10-13(5-6-15(14)24)22-21-12-3-1-11(2-4-12)9-16(25)26;1-2-18-17(24)14-10-13(7-8-15(14)21)20-19-12-5-3-11(4-6-12)9-16(22)23;1-4(2)3;1-3-2/h1-6,10,24H,7-9H2,(H,19,27)(H,25,26);3-8,10,21H,2,9H2,1H3,(H,18,24)(H,22,23);;. The van der Waals surface area contributed by atoms with E-state index >= 15 is 0 Å². The SMILES string of the molecule is CCNC(=O)c1cc(N=Nc2ccc(CC(=O)O)cc2)ccc1O.O=S(=O)=O.O=S=O.[N-]=[N+]=NCCNC(=O)c1cc(N=Nc2ccc(CC(=O)O)cc2)ccc1O. The van der Waals surface area contributed by atoms with E-state index in [0.29, 0.717) is 40.4 Å². The van der Waals surface area contributed by atoms with Crippen molar-refractivity contribution in [3.63, 3.8) is 0 Å². The van der Waals surface area contributed by atoms with Crippen molar-refractivity contribution in [2.24, 2.45) is 25.6 Å². The first-order valence-corrected chi connectivity index (χ1v) is 17.7. The molecule has 58 heavy (non-hydrogen) atoms. The minimum atomic E-state index is -3.11. The van der Waals surface area contributed by atoms with Gasteiger partial charge in [0.1, 0.15) is 11.5 Å². The van der Waals surface area contributed by atoms with Crippen molar-refractivity contribution in [1.29, 1.82) is 0 Å². The van der Waals surface area contributed by atoms with Crippen molar-refractivity contribution in [2.75, 3.05) is 19.6 Å². The smallest absolute Gasteiger partial charge is 0.425 e. The Labute approximate surface area is 333 Å². The maximum absolute atomic E-state index is 12.1. The molecular formula is C34H33N9O13S2. The quantitative estimate of drug-likeness (QED) is 0.0422. The summed E-state index contributed by atoms with van der Waals surface area (Å²) in [4.78, 5) is 47.7. The molecule has 2 amide bonds. The number of carboxylic acids is 2. The summed E-state index contributed by atoms with van der Waals surface area (Å²) in [6.45, 7) is 2.47. The summed E-state index contributed by atoms with van der Waals surface area (Å²) in [5.74, 6) is -3.07. The molecule has 4 aromatic rings. The molecule has 0 aliphatic heterocycles. The molecule has 4 rings (SSSR count). The van der Waals surface area contributed by atoms with Crippen LogP contribution in [0.4, 0.5) is 22.7 Å². The Bertz CT molecular complexity index is 2290. The molecule has 304 valence electrons. The lowest BCUT2D eigenvalue weighted by atomic mass is 10.1. The van der Waals surface area contributed by atoms with E-state index in [4.69, 9.17) is 36.8 Å². The Morgan fingerprint density at radius 2 is 1.00 bits per heavy atom. The number of phenolic OH excluding ortho intramolecular Hbond substituents is 2. The lowest BCUT2D eigenvalue weighted by molar-refractivity contribution is -0.137. The van der Waals surface area contributed by atoms with Gasteiger partial charge in [0.15, 0.2) is 0 Å². The van der Waals surface area contributed by atoms with Gasteiger partial charge in [-0.3, -0.25) is 19.2 Å². The molecular weight excluding hydrogens is 807 g/mol. The summed E-state index contributed by atoms with van der Waals surface area (Å²) in [5.41, 5.74) is 11.5. The summed E-state index contributed by atoms with van der Waals surface area (Å²) < 4.78 is 41.9. The molecule has 0 saturated heterocycles. The number of carboxylic acid groups (broad SMARTS) is 2. The Morgan fingerprint density at radius 1 is 0.655 bits per heavy atom. The number of rotatable bonds is 14. The number of hydrogen-bond acceptors (Lipinski definition) is 16. The number of nitrogens with zero attached hydrogens (tertiary/aromatic N) is 7. The Hall–Kier alpha value is -7.69. The molecule has 0 unspecified atom stereocenters. The van der Waals surface area contributed by atoms with Crippen molar-refractivity contribution in [3.05, 3.63) is 118 Å². The highest BCUT2D eigenvalue weighted by molar-refractivity contribution is 7.59. The molecule has 24 heteroatoms. The van der Waals surface area contributed by atoms with Crippen LogP contribution in [-0.2, 0) is 44.6 Å². The molecule has 0 aromatic heterocycles. The minimum absolute atomic E-state index is 0.0178. The second-order valence-corrected chi connectivity index (χ2v) is 11.2. The average Bonchev–Trinajstić information content (AvgIpc) is 3.17. The van der Waals surface area contributed by atoms with E-state index in [2.05, 4.69) is 41.1 Å². The van der Waals surface area contributed by atoms with E-state index < -0.39 is 40.0 Å². The number of azo groups is 2. The van der Waals surface area contributed by atoms with Crippen LogP contribution in [0.2, 0.25) is 0 Å². The lowest BCUT2D eigenvalue weighted by Crippen LogP contribution is -2.25. The van der Waals surface area contributed by atoms with Gasteiger partial charge in [-0.05, 0) is 84.2 Å². The molecule has 0 bridgehead atoms. The number of azide groups is 1. The van der Waals surface area contributed by atoms with Crippen LogP contribution in [0.3, 0.4) is 0 Å². The monoisotopic (exact) mass is 839 g/mol. The summed E-state index contributed by atoms with van der Waals surface area (Å²) >= 11 is -0.750. The highest BCUT2D eigenvalue weighted by Gasteiger charge is 2.12. The van der Waals surface area contributed by atoms with E-state index in [1.54, 1.807) is 61.5 Å². The number of aliphatic carboxylic acids is 2. The summed E-state index contributed by atoms with van der Waals surface area (Å²) in [6, 6.07) is 21.8. The molecule has 0 atom stereocenters. The third-order valence-electron chi connectivity index (χ3n) is 6.49. The zero-order chi connectivity index (χ0) is 43.5. The Balaban J connectivity index is 0.000000502. The molecule has 4 aromatic carbocycles. The van der Waals surface area contributed by atoms with Crippen molar-refractivity contribution < 1.29 is 60.6 Å². The van der Waals surface area contributed by atoms with Gasteiger partial charge in [-0.25, -0.2) is 0 Å². The van der Waals surface area contributed by atoms with Crippen LogP contribution in [0, 0.1) is 0 Å². The van der Waals surface area contributed by atoms with Crippen molar-refractivity contribution >= 4 is 68.7 Å². The van der Waals surface area contributed by atoms with Crippen molar-refractivity contribution in [3.8, 4) is 11.5 Å². The molecule has 0 aliphatic rings. The molecule has 0 heterocycles. The number of phenols is 2. The molecule has 0 fully saturated rings. The Morgan fingerprint density at radius 3 is 1.34 bits per heavy atom. The molecule has 0 saturated carbocycles. The van der Waals surface area contributed by atoms with Crippen LogP contribution in [0.25, 0.3) is 10.4 Å². The normalized spacial score (nSPS) is 9.88. The van der Waals surface area contributed by atoms with Gasteiger partial charge in [-0.15, -0.1) is 12.6 Å². The zero-order valence-electron chi connectivity index (χ0n) is 30.0. The maximum atomic E-state index is 12.1. The minimum Gasteiger partial charge on any atom is -0.507 e. The maximum Gasteiger partial charge on any atom is 0.425 e. The van der Waals surface area contributed by atoms with Crippen LogP contribution in [-0.4, -0.2) is 84.9 Å². The number of nitrogens with one attached hydrogen (secondary N) is 2. The lowest BCUT2D eigenvalue weighted by Gasteiger charge is -2.06. The molecule has 0 spiro atoms. The molecule has 22 nitrogen and oxygen atoms in total. The number of amides is 2. The molecule has 6 N–H and O–H groups in total. The number of hydrogen-bond donors (Lipinski definition) is 6. The van der Waals surface area contributed by atoms with Gasteiger partial charge >= 0.3 is 34.1 Å². The predicted molar refractivity (Wildman–Crippen MR) is 203 cm³/mol. The fourth-order valence-electron chi connectivity index (χ4n) is 4.09. The van der Waals surface area contributed by atoms with Gasteiger partial charge in [0, 0.05) is 24.5 Å². The number of carbonyl (C=O) groups is 4. The van der Waals surface area contributed by atoms with Gasteiger partial charge in [0.2, 0.25) is 0 Å². The highest BCUT2D eigenvalue weighted by Crippen LogP contribution is 2.27. The summed E-state index contributed by atoms with van der Waals surface area (Å²) in [7, 11) is -3.11. The van der Waals surface area contributed by atoms with Gasteiger partial charge in [0.25, 0.3) is 11.8 Å². The summed E-state index contributed by atoms with van der Waals surface area (Å²) in [5, 5.41) is 61.6. The highest BCUT2D eigenvalue weighted by atomic mass is 32.2. The van der Waals surface area contributed by atoms with Crippen LogP contribution < -0.4 is 10.6 Å². The van der Waals surface area contributed by atoms with Crippen molar-refractivity contribution in [1.82, 2.24) is 10.6 Å². The van der Waals surface area contributed by atoms with Crippen molar-refractivity contribution in [2.45, 2.75) is 19.8 Å². The average molecular weight is 840 g/mol. The number of benzene rings is 4. The van der Waals surface area contributed by atoms with Crippen LogP contribution >= 0.6 is 0 Å². The van der Waals surface area contributed by atoms with Gasteiger partial charge in [-0.1, -0.05) is 29.4 Å². The van der Waals surface area contributed by atoms with E-state index in [-0.39, 0.29) is 54.5 Å². The van der Waals surface area contributed by atoms with E-state index in [9.17, 15) is 29.4 Å². The fraction of sp³-hybridized carbons (Fsp3) is 0.176. The topological polar surface area (TPSA) is 357 Å². The van der Waals surface area contributed by atoms with Crippen LogP contribution in [0.15, 0.2) is 111 Å². The number of carbonyl (C=O) groups excluding carboxylic acids is 2. The van der Waals surface area contributed by atoms with Crippen LogP contribution in [0.5, 0.6) is 11.5 Å². The van der Waals surface area contributed by atoms with Crippen LogP contribution in [0.1, 0.15) is 38.8 Å². The first-order chi connectivity index (χ1) is 27.6. The third-order valence-corrected chi connectivity index (χ3v) is 6.49. The fourth-order valence-corrected chi connectivity index (χ4v) is 4.09. The predicted octanol–water partition coefficient (Wildman–Crippen LogP) is 4.98.